The Kier molecular flexibility index (Phi) is 6.85. The maximum atomic E-state index is 11.9. The Morgan fingerprint density at radius 1 is 1.24 bits per heavy atom. The van der Waals surface area contributed by atoms with Gasteiger partial charge in [0, 0.05) is 5.56 Å². The molecule has 2 rings (SSSR count). The van der Waals surface area contributed by atoms with Crippen LogP contribution in [0.1, 0.15) is 36.5 Å². The zero-order valence-electron chi connectivity index (χ0n) is 14.3. The smallest absolute Gasteiger partial charge is 0.277 e. The SMILES string of the molecule is Cc1ccc(C(C)C)cc1OCC(=O)NN=Cc1c(Cl)cccc1Cl. The molecule has 1 amide bonds. The summed E-state index contributed by atoms with van der Waals surface area (Å²) in [4.78, 5) is 11.9. The summed E-state index contributed by atoms with van der Waals surface area (Å²) in [7, 11) is 0. The van der Waals surface area contributed by atoms with Gasteiger partial charge in [0.1, 0.15) is 5.75 Å². The summed E-state index contributed by atoms with van der Waals surface area (Å²) in [5, 5.41) is 4.79. The molecule has 1 N–H and O–H groups in total. The highest BCUT2D eigenvalue weighted by atomic mass is 35.5. The molecule has 0 bridgehead atoms. The van der Waals surface area contributed by atoms with Gasteiger partial charge >= 0.3 is 0 Å². The summed E-state index contributed by atoms with van der Waals surface area (Å²) in [6.45, 7) is 6.02. The Hall–Kier alpha value is -2.04. The van der Waals surface area contributed by atoms with Crippen LogP contribution in [0.2, 0.25) is 10.0 Å². The number of halogens is 2. The number of hydrogen-bond acceptors (Lipinski definition) is 3. The maximum Gasteiger partial charge on any atom is 0.277 e. The van der Waals surface area contributed by atoms with E-state index in [1.165, 1.54) is 6.21 Å². The van der Waals surface area contributed by atoms with Crippen LogP contribution >= 0.6 is 23.2 Å². The molecule has 0 heterocycles. The molecule has 0 fully saturated rings. The molecule has 0 aliphatic heterocycles. The number of nitrogens with zero attached hydrogens (tertiary/aromatic N) is 1. The highest BCUT2D eigenvalue weighted by molar-refractivity contribution is 6.38. The third-order valence-corrected chi connectivity index (χ3v) is 4.28. The fraction of sp³-hybridized carbons (Fsp3) is 0.263. The van der Waals surface area contributed by atoms with E-state index >= 15 is 0 Å². The lowest BCUT2D eigenvalue weighted by molar-refractivity contribution is -0.123. The van der Waals surface area contributed by atoms with Crippen molar-refractivity contribution in [3.05, 3.63) is 63.1 Å². The van der Waals surface area contributed by atoms with E-state index in [4.69, 9.17) is 27.9 Å². The average molecular weight is 379 g/mol. The number of hydrogen-bond donors (Lipinski definition) is 1. The normalized spacial score (nSPS) is 11.1. The zero-order valence-corrected chi connectivity index (χ0v) is 15.9. The molecule has 0 aliphatic rings. The Morgan fingerprint density at radius 2 is 1.92 bits per heavy atom. The molecule has 0 unspecified atom stereocenters. The number of rotatable bonds is 6. The number of carbonyl (C=O) groups is 1. The van der Waals surface area contributed by atoms with Crippen LogP contribution in [0.3, 0.4) is 0 Å². The Morgan fingerprint density at radius 3 is 2.56 bits per heavy atom. The number of benzene rings is 2. The van der Waals surface area contributed by atoms with Crippen molar-refractivity contribution in [2.75, 3.05) is 6.61 Å². The van der Waals surface area contributed by atoms with Crippen LogP contribution in [0.4, 0.5) is 0 Å². The minimum atomic E-state index is -0.367. The summed E-state index contributed by atoms with van der Waals surface area (Å²) >= 11 is 12.1. The fourth-order valence-corrected chi connectivity index (χ4v) is 2.60. The monoisotopic (exact) mass is 378 g/mol. The van der Waals surface area contributed by atoms with Crippen molar-refractivity contribution in [3.63, 3.8) is 0 Å². The van der Waals surface area contributed by atoms with Gasteiger partial charge in [-0.1, -0.05) is 55.2 Å². The van der Waals surface area contributed by atoms with Crippen LogP contribution in [0.15, 0.2) is 41.5 Å². The summed E-state index contributed by atoms with van der Waals surface area (Å²) in [6, 6.07) is 11.1. The molecule has 2 aromatic carbocycles. The molecule has 0 spiro atoms. The molecule has 0 saturated carbocycles. The Labute approximate surface area is 157 Å². The summed E-state index contributed by atoms with van der Waals surface area (Å²) in [5.74, 6) is 0.718. The van der Waals surface area contributed by atoms with Crippen molar-refractivity contribution < 1.29 is 9.53 Å². The molecule has 25 heavy (non-hydrogen) atoms. The molecule has 6 heteroatoms. The molecule has 0 aliphatic carbocycles. The van der Waals surface area contributed by atoms with Gasteiger partial charge in [0.2, 0.25) is 0 Å². The van der Waals surface area contributed by atoms with Crippen molar-refractivity contribution in [1.29, 1.82) is 0 Å². The van der Waals surface area contributed by atoms with Gasteiger partial charge in [-0.15, -0.1) is 0 Å². The van der Waals surface area contributed by atoms with Gasteiger partial charge < -0.3 is 4.74 Å². The zero-order chi connectivity index (χ0) is 18.4. The van der Waals surface area contributed by atoms with E-state index in [1.807, 2.05) is 19.1 Å². The van der Waals surface area contributed by atoms with Crippen molar-refractivity contribution in [2.45, 2.75) is 26.7 Å². The number of carbonyl (C=O) groups excluding carboxylic acids is 1. The van der Waals surface area contributed by atoms with Crippen molar-refractivity contribution in [3.8, 4) is 5.75 Å². The van der Waals surface area contributed by atoms with Gasteiger partial charge in [-0.25, -0.2) is 5.43 Å². The molecule has 0 aromatic heterocycles. The van der Waals surface area contributed by atoms with Gasteiger partial charge in [0.05, 0.1) is 16.3 Å². The number of nitrogens with one attached hydrogen (secondary N) is 1. The standard InChI is InChI=1S/C19H20Cl2N2O2/c1-12(2)14-8-7-13(3)18(9-14)25-11-19(24)23-22-10-15-16(20)5-4-6-17(15)21/h4-10,12H,11H2,1-3H3,(H,23,24). The second-order valence-corrected chi connectivity index (χ2v) is 6.71. The van der Waals surface area contributed by atoms with Crippen LogP contribution in [-0.2, 0) is 4.79 Å². The van der Waals surface area contributed by atoms with Gasteiger partial charge in [0.25, 0.3) is 5.91 Å². The number of amides is 1. The Balaban J connectivity index is 1.93. The lowest BCUT2D eigenvalue weighted by Crippen LogP contribution is -2.24. The first-order chi connectivity index (χ1) is 11.9. The maximum absolute atomic E-state index is 11.9. The van der Waals surface area contributed by atoms with Gasteiger partial charge in [-0.2, -0.15) is 5.10 Å². The van der Waals surface area contributed by atoms with Crippen molar-refractivity contribution in [1.82, 2.24) is 5.43 Å². The van der Waals surface area contributed by atoms with Crippen molar-refractivity contribution in [2.24, 2.45) is 5.10 Å². The third-order valence-electron chi connectivity index (χ3n) is 3.62. The molecule has 4 nitrogen and oxygen atoms in total. The fourth-order valence-electron chi connectivity index (χ4n) is 2.11. The van der Waals surface area contributed by atoms with Gasteiger partial charge in [-0.05, 0) is 42.2 Å². The van der Waals surface area contributed by atoms with Crippen molar-refractivity contribution >= 4 is 35.3 Å². The van der Waals surface area contributed by atoms with Crippen LogP contribution in [0, 0.1) is 6.92 Å². The van der Waals surface area contributed by atoms with Crippen LogP contribution < -0.4 is 10.2 Å². The van der Waals surface area contributed by atoms with E-state index in [0.29, 0.717) is 27.3 Å². The molecule has 0 saturated heterocycles. The summed E-state index contributed by atoms with van der Waals surface area (Å²) in [6.07, 6.45) is 1.41. The predicted molar refractivity (Wildman–Crippen MR) is 103 cm³/mol. The topological polar surface area (TPSA) is 50.7 Å². The number of hydrazone groups is 1. The predicted octanol–water partition coefficient (Wildman–Crippen LogP) is 4.95. The summed E-state index contributed by atoms with van der Waals surface area (Å²) in [5.41, 5.74) is 5.08. The number of aryl methyl sites for hydroxylation is 1. The molecular weight excluding hydrogens is 359 g/mol. The van der Waals surface area contributed by atoms with E-state index in [0.717, 1.165) is 11.1 Å². The second kappa shape index (κ2) is 8.88. The van der Waals surface area contributed by atoms with Crippen LogP contribution in [0.25, 0.3) is 0 Å². The first-order valence-corrected chi connectivity index (χ1v) is 8.63. The highest BCUT2D eigenvalue weighted by Gasteiger charge is 2.08. The molecule has 0 radical (unpaired) electrons. The first-order valence-electron chi connectivity index (χ1n) is 7.87. The van der Waals surface area contributed by atoms with Crippen LogP contribution in [-0.4, -0.2) is 18.7 Å². The lowest BCUT2D eigenvalue weighted by atomic mass is 10.0. The van der Waals surface area contributed by atoms with Gasteiger partial charge in [0.15, 0.2) is 6.61 Å². The molecular formula is C19H20Cl2N2O2. The van der Waals surface area contributed by atoms with E-state index in [2.05, 4.69) is 30.4 Å². The van der Waals surface area contributed by atoms with E-state index < -0.39 is 0 Å². The van der Waals surface area contributed by atoms with E-state index in [-0.39, 0.29) is 12.5 Å². The molecule has 132 valence electrons. The lowest BCUT2D eigenvalue weighted by Gasteiger charge is -2.12. The number of ether oxygens (including phenoxy) is 1. The minimum Gasteiger partial charge on any atom is -0.483 e. The first kappa shape index (κ1) is 19.3. The van der Waals surface area contributed by atoms with Crippen LogP contribution in [0.5, 0.6) is 5.75 Å². The average Bonchev–Trinajstić information content (AvgIpc) is 2.56. The molecule has 2 aromatic rings. The minimum absolute atomic E-state index is 0.129. The molecule has 0 atom stereocenters. The van der Waals surface area contributed by atoms with E-state index in [9.17, 15) is 4.79 Å². The third kappa shape index (κ3) is 5.48. The quantitative estimate of drug-likeness (QED) is 0.570. The second-order valence-electron chi connectivity index (χ2n) is 5.90. The van der Waals surface area contributed by atoms with E-state index in [1.54, 1.807) is 18.2 Å². The Bertz CT molecular complexity index is 769. The highest BCUT2D eigenvalue weighted by Crippen LogP contribution is 2.24. The largest absolute Gasteiger partial charge is 0.483 e. The van der Waals surface area contributed by atoms with Gasteiger partial charge in [-0.3, -0.25) is 4.79 Å². The summed E-state index contributed by atoms with van der Waals surface area (Å²) < 4.78 is 5.60.